The van der Waals surface area contributed by atoms with E-state index in [0.29, 0.717) is 0 Å². The topological polar surface area (TPSA) is 55.4 Å². The highest BCUT2D eigenvalue weighted by Crippen LogP contribution is 2.27. The summed E-state index contributed by atoms with van der Waals surface area (Å²) in [6, 6.07) is 6.97. The highest BCUT2D eigenvalue weighted by Gasteiger charge is 2.24. The van der Waals surface area contributed by atoms with E-state index in [0.717, 1.165) is 34.4 Å². The molecule has 0 heterocycles. The molecule has 0 aliphatic heterocycles. The number of rotatable bonds is 5. The molecule has 0 saturated carbocycles. The molecule has 130 valence electrons. The number of nitrogens with one attached hydrogen (secondary N) is 1. The molecule has 1 N–H and O–H groups in total. The largest absolute Gasteiger partial charge is 0.495 e. The van der Waals surface area contributed by atoms with E-state index in [9.17, 15) is 12.8 Å². The lowest BCUT2D eigenvalue weighted by Gasteiger charge is -2.19. The lowest BCUT2D eigenvalue weighted by molar-refractivity contribution is 0.400. The number of hydrogen-bond donors (Lipinski definition) is 1. The Bertz CT molecular complexity index is 863. The van der Waals surface area contributed by atoms with Crippen molar-refractivity contribution < 1.29 is 17.5 Å². The van der Waals surface area contributed by atoms with E-state index in [1.165, 1.54) is 13.2 Å². The second kappa shape index (κ2) is 6.91. The molecule has 1 atom stereocenters. The molecule has 0 bridgehead atoms. The van der Waals surface area contributed by atoms with Crippen molar-refractivity contribution in [1.29, 1.82) is 0 Å². The maximum atomic E-state index is 13.5. The molecule has 2 rings (SSSR count). The van der Waals surface area contributed by atoms with E-state index in [1.54, 1.807) is 6.92 Å². The molecule has 2 aromatic carbocycles. The van der Waals surface area contributed by atoms with Crippen LogP contribution in [0.1, 0.15) is 35.2 Å². The summed E-state index contributed by atoms with van der Waals surface area (Å²) in [5.41, 5.74) is 4.12. The van der Waals surface area contributed by atoms with Gasteiger partial charge in [0.2, 0.25) is 10.0 Å². The molecule has 24 heavy (non-hydrogen) atoms. The molecular formula is C18H22FNO3S. The molecule has 6 heteroatoms. The SMILES string of the molecule is COc1ccc(F)cc1S(=O)(=O)NC(C)c1cc(C)c(C)cc1C. The zero-order chi connectivity index (χ0) is 18.1. The van der Waals surface area contributed by atoms with Crippen molar-refractivity contribution in [2.45, 2.75) is 38.6 Å². The van der Waals surface area contributed by atoms with Gasteiger partial charge in [-0.05, 0) is 68.1 Å². The van der Waals surface area contributed by atoms with Crippen molar-refractivity contribution in [1.82, 2.24) is 4.72 Å². The van der Waals surface area contributed by atoms with Gasteiger partial charge in [-0.15, -0.1) is 0 Å². The van der Waals surface area contributed by atoms with Crippen LogP contribution in [-0.4, -0.2) is 15.5 Å². The van der Waals surface area contributed by atoms with E-state index in [-0.39, 0.29) is 10.6 Å². The van der Waals surface area contributed by atoms with Crippen LogP contribution < -0.4 is 9.46 Å². The smallest absolute Gasteiger partial charge is 0.244 e. The normalized spacial score (nSPS) is 12.9. The van der Waals surface area contributed by atoms with Crippen molar-refractivity contribution in [2.24, 2.45) is 0 Å². The number of benzene rings is 2. The van der Waals surface area contributed by atoms with Crippen LogP contribution in [0.5, 0.6) is 5.75 Å². The van der Waals surface area contributed by atoms with Gasteiger partial charge >= 0.3 is 0 Å². The molecule has 4 nitrogen and oxygen atoms in total. The minimum atomic E-state index is -3.93. The van der Waals surface area contributed by atoms with Gasteiger partial charge in [-0.25, -0.2) is 17.5 Å². The Kier molecular flexibility index (Phi) is 5.30. The summed E-state index contributed by atoms with van der Waals surface area (Å²) in [6.45, 7) is 7.70. The van der Waals surface area contributed by atoms with Gasteiger partial charge in [0, 0.05) is 6.04 Å². The quantitative estimate of drug-likeness (QED) is 0.891. The van der Waals surface area contributed by atoms with Crippen LogP contribution in [0.3, 0.4) is 0 Å². The number of sulfonamides is 1. The van der Waals surface area contributed by atoms with Crippen LogP contribution in [0.15, 0.2) is 35.2 Å². The first-order chi connectivity index (χ1) is 11.2. The zero-order valence-corrected chi connectivity index (χ0v) is 15.3. The minimum absolute atomic E-state index is 0.105. The predicted octanol–water partition coefficient (Wildman–Crippen LogP) is 3.80. The fourth-order valence-electron chi connectivity index (χ4n) is 2.67. The maximum Gasteiger partial charge on any atom is 0.244 e. The van der Waals surface area contributed by atoms with Crippen LogP contribution in [0.25, 0.3) is 0 Å². The lowest BCUT2D eigenvalue weighted by Crippen LogP contribution is -2.28. The van der Waals surface area contributed by atoms with Gasteiger partial charge < -0.3 is 4.74 Å². The summed E-state index contributed by atoms with van der Waals surface area (Å²) in [7, 11) is -2.58. The Morgan fingerprint density at radius 1 is 1.04 bits per heavy atom. The fraction of sp³-hybridized carbons (Fsp3) is 0.333. The maximum absolute atomic E-state index is 13.5. The summed E-state index contributed by atoms with van der Waals surface area (Å²) in [6.07, 6.45) is 0. The fourth-order valence-corrected chi connectivity index (χ4v) is 4.07. The second-order valence-corrected chi connectivity index (χ2v) is 7.61. The van der Waals surface area contributed by atoms with Crippen LogP contribution in [0.4, 0.5) is 4.39 Å². The molecule has 0 aliphatic carbocycles. The minimum Gasteiger partial charge on any atom is -0.495 e. The highest BCUT2D eigenvalue weighted by molar-refractivity contribution is 7.89. The van der Waals surface area contributed by atoms with Gasteiger partial charge in [-0.1, -0.05) is 12.1 Å². The van der Waals surface area contributed by atoms with E-state index < -0.39 is 21.9 Å². The van der Waals surface area contributed by atoms with Gasteiger partial charge in [0.1, 0.15) is 16.5 Å². The van der Waals surface area contributed by atoms with Crippen molar-refractivity contribution in [3.63, 3.8) is 0 Å². The second-order valence-electron chi connectivity index (χ2n) is 5.93. The standard InChI is InChI=1S/C18H22FNO3S/c1-11-8-13(3)16(9-12(11)2)14(4)20-24(21,22)18-10-15(19)6-7-17(18)23-5/h6-10,14,20H,1-5H3. The summed E-state index contributed by atoms with van der Waals surface area (Å²) in [4.78, 5) is -0.210. The Balaban J connectivity index is 2.39. The average molecular weight is 351 g/mol. The number of halogens is 1. The third kappa shape index (κ3) is 3.76. The molecule has 0 aromatic heterocycles. The molecule has 0 fully saturated rings. The zero-order valence-electron chi connectivity index (χ0n) is 14.5. The molecule has 0 spiro atoms. The Morgan fingerprint density at radius 2 is 1.67 bits per heavy atom. The number of methoxy groups -OCH3 is 1. The van der Waals surface area contributed by atoms with Gasteiger partial charge in [0.05, 0.1) is 7.11 Å². The van der Waals surface area contributed by atoms with Crippen LogP contribution in [0.2, 0.25) is 0 Å². The van der Waals surface area contributed by atoms with Crippen LogP contribution in [-0.2, 0) is 10.0 Å². The van der Waals surface area contributed by atoms with Crippen molar-refractivity contribution in [3.8, 4) is 5.75 Å². The summed E-state index contributed by atoms with van der Waals surface area (Å²) in [5.74, 6) is -0.529. The lowest BCUT2D eigenvalue weighted by atomic mass is 9.97. The van der Waals surface area contributed by atoms with E-state index >= 15 is 0 Å². The number of hydrogen-bond acceptors (Lipinski definition) is 3. The molecule has 0 radical (unpaired) electrons. The van der Waals surface area contributed by atoms with Crippen LogP contribution in [0, 0.1) is 26.6 Å². The molecule has 0 amide bonds. The van der Waals surface area contributed by atoms with E-state index in [4.69, 9.17) is 4.74 Å². The summed E-state index contributed by atoms with van der Waals surface area (Å²) in [5, 5.41) is 0. The summed E-state index contributed by atoms with van der Waals surface area (Å²) >= 11 is 0. The monoisotopic (exact) mass is 351 g/mol. The number of aryl methyl sites for hydroxylation is 3. The van der Waals surface area contributed by atoms with Crippen molar-refractivity contribution >= 4 is 10.0 Å². The first-order valence-electron chi connectivity index (χ1n) is 7.59. The molecular weight excluding hydrogens is 329 g/mol. The first kappa shape index (κ1) is 18.4. The van der Waals surface area contributed by atoms with Gasteiger partial charge in [-0.3, -0.25) is 0 Å². The Morgan fingerprint density at radius 3 is 2.29 bits per heavy atom. The number of ether oxygens (including phenoxy) is 1. The first-order valence-corrected chi connectivity index (χ1v) is 9.07. The molecule has 0 aliphatic rings. The van der Waals surface area contributed by atoms with E-state index in [1.807, 2.05) is 32.9 Å². The van der Waals surface area contributed by atoms with E-state index in [2.05, 4.69) is 4.72 Å². The third-order valence-electron chi connectivity index (χ3n) is 4.10. The average Bonchev–Trinajstić information content (AvgIpc) is 2.50. The predicted molar refractivity (Wildman–Crippen MR) is 92.3 cm³/mol. The summed E-state index contributed by atoms with van der Waals surface area (Å²) < 4.78 is 46.4. The van der Waals surface area contributed by atoms with Crippen LogP contribution >= 0.6 is 0 Å². The van der Waals surface area contributed by atoms with Gasteiger partial charge in [0.25, 0.3) is 0 Å². The van der Waals surface area contributed by atoms with Gasteiger partial charge in [0.15, 0.2) is 0 Å². The highest BCUT2D eigenvalue weighted by atomic mass is 32.2. The molecule has 1 unspecified atom stereocenters. The van der Waals surface area contributed by atoms with Crippen molar-refractivity contribution in [2.75, 3.05) is 7.11 Å². The third-order valence-corrected chi connectivity index (χ3v) is 5.66. The molecule has 0 saturated heterocycles. The Labute approximate surface area is 142 Å². The van der Waals surface area contributed by atoms with Crippen molar-refractivity contribution in [3.05, 3.63) is 58.4 Å². The Hall–Kier alpha value is -1.92. The van der Waals surface area contributed by atoms with Gasteiger partial charge in [-0.2, -0.15) is 0 Å². The molecule has 2 aromatic rings.